The van der Waals surface area contributed by atoms with Crippen molar-refractivity contribution in [3.8, 4) is 23.5 Å². The second kappa shape index (κ2) is 11.4. The Labute approximate surface area is 197 Å². The van der Waals surface area contributed by atoms with Gasteiger partial charge in [-0.05, 0) is 40.7 Å². The summed E-state index contributed by atoms with van der Waals surface area (Å²) in [5, 5.41) is 14.2. The van der Waals surface area contributed by atoms with E-state index >= 15 is 0 Å². The highest BCUT2D eigenvalue weighted by molar-refractivity contribution is 7.98. The first kappa shape index (κ1) is 24.2. The molecule has 7 nitrogen and oxygen atoms in total. The summed E-state index contributed by atoms with van der Waals surface area (Å²) in [4.78, 5) is 36.5. The van der Waals surface area contributed by atoms with E-state index in [1.807, 2.05) is 54.8 Å². The Balaban J connectivity index is 1.65. The number of hydrogen-bond donors (Lipinski definition) is 3. The molecule has 0 fully saturated rings. The number of carbonyl (C=O) groups is 3. The minimum Gasteiger partial charge on any atom is -0.480 e. The number of aliphatic carboxylic acids is 1. The molecule has 2 aromatic rings. The van der Waals surface area contributed by atoms with E-state index in [0.29, 0.717) is 12.2 Å². The zero-order chi connectivity index (χ0) is 23.8. The predicted molar refractivity (Wildman–Crippen MR) is 128 cm³/mol. The monoisotopic (exact) mass is 466 g/mol. The predicted octanol–water partition coefficient (Wildman–Crippen LogP) is 3.24. The van der Waals surface area contributed by atoms with Gasteiger partial charge in [-0.3, -0.25) is 4.79 Å². The Morgan fingerprint density at radius 1 is 1.06 bits per heavy atom. The standard InChI is InChI=1S/C25H26N2O5S/c1-3-8-22(24(29)30)26-23(28)21(13-14-33-2)27-25(31)32-15-20-18-11-6-4-9-16(18)17-10-5-7-12-19(17)20/h1,4-7,9-12,20-22H,8,13-15H2,2H3,(H,26,28)(H,27,31)(H,29,30)/t21-,22?/m1/s1. The van der Waals surface area contributed by atoms with E-state index in [2.05, 4.69) is 16.6 Å². The second-order valence-electron chi connectivity index (χ2n) is 7.61. The molecule has 3 N–H and O–H groups in total. The van der Waals surface area contributed by atoms with E-state index in [1.54, 1.807) is 0 Å². The molecule has 0 spiro atoms. The molecule has 0 radical (unpaired) electrons. The third kappa shape index (κ3) is 5.88. The third-order valence-corrected chi connectivity index (χ3v) is 6.14. The van der Waals surface area contributed by atoms with Crippen molar-refractivity contribution < 1.29 is 24.2 Å². The highest BCUT2D eigenvalue weighted by Gasteiger charge is 2.30. The van der Waals surface area contributed by atoms with Crippen molar-refractivity contribution in [2.45, 2.75) is 30.8 Å². The molecule has 1 unspecified atom stereocenters. The summed E-state index contributed by atoms with van der Waals surface area (Å²) in [6.07, 6.45) is 6.50. The van der Waals surface area contributed by atoms with Gasteiger partial charge in [0.2, 0.25) is 5.91 Å². The number of carboxylic acid groups (broad SMARTS) is 1. The minimum absolute atomic E-state index is 0.103. The lowest BCUT2D eigenvalue weighted by Crippen LogP contribution is -2.51. The zero-order valence-electron chi connectivity index (χ0n) is 18.2. The number of ether oxygens (including phenoxy) is 1. The van der Waals surface area contributed by atoms with Crippen LogP contribution in [0.15, 0.2) is 48.5 Å². The van der Waals surface area contributed by atoms with Crippen LogP contribution >= 0.6 is 11.8 Å². The maximum absolute atomic E-state index is 12.6. The molecule has 8 heteroatoms. The number of terminal acetylenes is 1. The van der Waals surface area contributed by atoms with Crippen molar-refractivity contribution in [2.24, 2.45) is 0 Å². The summed E-state index contributed by atoms with van der Waals surface area (Å²) in [6.45, 7) is 0.117. The van der Waals surface area contributed by atoms with Gasteiger partial charge in [0.15, 0.2) is 0 Å². The van der Waals surface area contributed by atoms with Crippen LogP contribution in [-0.4, -0.2) is 53.8 Å². The number of amides is 2. The van der Waals surface area contributed by atoms with E-state index in [4.69, 9.17) is 11.2 Å². The van der Waals surface area contributed by atoms with Crippen LogP contribution in [0.1, 0.15) is 29.9 Å². The molecule has 0 saturated carbocycles. The Morgan fingerprint density at radius 3 is 2.21 bits per heavy atom. The summed E-state index contributed by atoms with van der Waals surface area (Å²) in [7, 11) is 0. The van der Waals surface area contributed by atoms with Crippen molar-refractivity contribution >= 4 is 29.7 Å². The lowest BCUT2D eigenvalue weighted by Gasteiger charge is -2.21. The summed E-state index contributed by atoms with van der Waals surface area (Å²) >= 11 is 1.51. The SMILES string of the molecule is C#CCC(NC(=O)[C@@H](CCSC)NC(=O)OCC1c2ccccc2-c2ccccc21)C(=O)O. The topological polar surface area (TPSA) is 105 Å². The molecule has 33 heavy (non-hydrogen) atoms. The van der Waals surface area contributed by atoms with Crippen LogP contribution in [0.4, 0.5) is 4.79 Å². The Kier molecular flexibility index (Phi) is 8.39. The van der Waals surface area contributed by atoms with E-state index in [9.17, 15) is 19.5 Å². The Morgan fingerprint density at radius 2 is 1.67 bits per heavy atom. The Bertz CT molecular complexity index is 1020. The third-order valence-electron chi connectivity index (χ3n) is 5.50. The molecule has 2 atom stereocenters. The molecule has 0 bridgehead atoms. The highest BCUT2D eigenvalue weighted by atomic mass is 32.2. The van der Waals surface area contributed by atoms with Crippen LogP contribution in [0.5, 0.6) is 0 Å². The number of hydrogen-bond acceptors (Lipinski definition) is 5. The number of thioether (sulfide) groups is 1. The van der Waals surface area contributed by atoms with Gasteiger partial charge < -0.3 is 20.5 Å². The maximum Gasteiger partial charge on any atom is 0.407 e. The van der Waals surface area contributed by atoms with E-state index in [0.717, 1.165) is 22.3 Å². The largest absolute Gasteiger partial charge is 0.480 e. The first-order valence-corrected chi connectivity index (χ1v) is 11.9. The van der Waals surface area contributed by atoms with Crippen molar-refractivity contribution in [3.63, 3.8) is 0 Å². The van der Waals surface area contributed by atoms with Gasteiger partial charge in [0.05, 0.1) is 0 Å². The number of alkyl carbamates (subject to hydrolysis) is 1. The van der Waals surface area contributed by atoms with E-state index < -0.39 is 30.1 Å². The van der Waals surface area contributed by atoms with Gasteiger partial charge in [-0.15, -0.1) is 12.3 Å². The fraction of sp³-hybridized carbons (Fsp3) is 0.320. The van der Waals surface area contributed by atoms with Crippen molar-refractivity contribution in [1.29, 1.82) is 0 Å². The van der Waals surface area contributed by atoms with Gasteiger partial charge in [0.25, 0.3) is 0 Å². The zero-order valence-corrected chi connectivity index (χ0v) is 19.1. The van der Waals surface area contributed by atoms with Gasteiger partial charge in [-0.1, -0.05) is 48.5 Å². The lowest BCUT2D eigenvalue weighted by atomic mass is 9.98. The van der Waals surface area contributed by atoms with Gasteiger partial charge in [0, 0.05) is 12.3 Å². The summed E-state index contributed by atoms with van der Waals surface area (Å²) in [5.41, 5.74) is 4.41. The normalized spacial score (nSPS) is 13.7. The smallest absolute Gasteiger partial charge is 0.407 e. The molecular formula is C25H26N2O5S. The van der Waals surface area contributed by atoms with E-state index in [1.165, 1.54) is 11.8 Å². The molecule has 2 amide bonds. The van der Waals surface area contributed by atoms with Crippen LogP contribution in [-0.2, 0) is 14.3 Å². The molecule has 0 saturated heterocycles. The van der Waals surface area contributed by atoms with Gasteiger partial charge in [0.1, 0.15) is 18.7 Å². The summed E-state index contributed by atoms with van der Waals surface area (Å²) < 4.78 is 5.51. The van der Waals surface area contributed by atoms with Crippen LogP contribution in [0, 0.1) is 12.3 Å². The number of benzene rings is 2. The molecule has 0 aromatic heterocycles. The first-order chi connectivity index (χ1) is 16.0. The van der Waals surface area contributed by atoms with Crippen LogP contribution in [0.25, 0.3) is 11.1 Å². The number of rotatable bonds is 10. The highest BCUT2D eigenvalue weighted by Crippen LogP contribution is 2.44. The molecule has 172 valence electrons. The lowest BCUT2D eigenvalue weighted by molar-refractivity contribution is -0.141. The van der Waals surface area contributed by atoms with Crippen molar-refractivity contribution in [3.05, 3.63) is 59.7 Å². The number of nitrogens with one attached hydrogen (secondary N) is 2. The fourth-order valence-electron chi connectivity index (χ4n) is 3.88. The number of carbonyl (C=O) groups excluding carboxylic acids is 2. The molecule has 0 heterocycles. The molecule has 2 aromatic carbocycles. The maximum atomic E-state index is 12.6. The molecule has 0 aliphatic heterocycles. The molecular weight excluding hydrogens is 440 g/mol. The van der Waals surface area contributed by atoms with Crippen LogP contribution in [0.2, 0.25) is 0 Å². The minimum atomic E-state index is -1.23. The first-order valence-electron chi connectivity index (χ1n) is 10.5. The van der Waals surface area contributed by atoms with Gasteiger partial charge in [-0.2, -0.15) is 11.8 Å². The average molecular weight is 467 g/mol. The fourth-order valence-corrected chi connectivity index (χ4v) is 4.35. The van der Waals surface area contributed by atoms with Crippen molar-refractivity contribution in [2.75, 3.05) is 18.6 Å². The number of fused-ring (bicyclic) bond motifs is 3. The average Bonchev–Trinajstić information content (AvgIpc) is 3.13. The summed E-state index contributed by atoms with van der Waals surface area (Å²) in [6, 6.07) is 13.8. The van der Waals surface area contributed by atoms with E-state index in [-0.39, 0.29) is 18.9 Å². The van der Waals surface area contributed by atoms with Gasteiger partial charge in [-0.25, -0.2) is 9.59 Å². The number of carboxylic acids is 1. The molecule has 1 aliphatic rings. The molecule has 1 aliphatic carbocycles. The quantitative estimate of drug-likeness (QED) is 0.465. The Hall–Kier alpha value is -3.44. The van der Waals surface area contributed by atoms with Crippen molar-refractivity contribution in [1.82, 2.24) is 10.6 Å². The van der Waals surface area contributed by atoms with Gasteiger partial charge >= 0.3 is 12.1 Å². The van der Waals surface area contributed by atoms with Crippen LogP contribution in [0.3, 0.4) is 0 Å². The summed E-state index contributed by atoms with van der Waals surface area (Å²) in [5.74, 6) is 0.881. The second-order valence-corrected chi connectivity index (χ2v) is 8.60. The molecule has 3 rings (SSSR count). The van der Waals surface area contributed by atoms with Crippen LogP contribution < -0.4 is 10.6 Å².